The Morgan fingerprint density at radius 3 is 2.55 bits per heavy atom. The minimum atomic E-state index is 0.0894. The number of amides is 1. The van der Waals surface area contributed by atoms with Crippen molar-refractivity contribution < 1.29 is 9.53 Å². The largest absolute Gasteiger partial charge is 0.379 e. The van der Waals surface area contributed by atoms with Crippen LogP contribution in [0.4, 0.5) is 0 Å². The molecule has 1 amide bonds. The van der Waals surface area contributed by atoms with Crippen molar-refractivity contribution in [3.05, 3.63) is 17.0 Å². The van der Waals surface area contributed by atoms with E-state index in [2.05, 4.69) is 39.1 Å². The number of aryl methyl sites for hydroxylation is 2. The van der Waals surface area contributed by atoms with E-state index in [1.165, 1.54) is 11.8 Å². The van der Waals surface area contributed by atoms with Crippen LogP contribution in [-0.2, 0) is 16.0 Å². The Labute approximate surface area is 189 Å². The molecule has 1 aliphatic rings. The summed E-state index contributed by atoms with van der Waals surface area (Å²) < 4.78 is 7.31. The zero-order valence-electron chi connectivity index (χ0n) is 19.5. The molecule has 1 N–H and O–H groups in total. The van der Waals surface area contributed by atoms with Gasteiger partial charge in [-0.2, -0.15) is 4.98 Å². The van der Waals surface area contributed by atoms with Crippen molar-refractivity contribution in [1.82, 2.24) is 29.8 Å². The SMILES string of the molecule is CCC(CC)C(CNC(=O)CCc1c(C)nc2nc(SC)nn2c1C)N1CCOCC1. The molecule has 0 saturated carbocycles. The Kier molecular flexibility index (Phi) is 8.68. The fourth-order valence-corrected chi connectivity index (χ4v) is 4.86. The van der Waals surface area contributed by atoms with E-state index < -0.39 is 0 Å². The average molecular weight is 449 g/mol. The quantitative estimate of drug-likeness (QED) is 0.559. The molecule has 0 radical (unpaired) electrons. The molecule has 3 rings (SSSR count). The lowest BCUT2D eigenvalue weighted by molar-refractivity contribution is -0.121. The highest BCUT2D eigenvalue weighted by Crippen LogP contribution is 2.20. The Hall–Kier alpha value is -1.71. The molecule has 1 aliphatic heterocycles. The molecule has 1 fully saturated rings. The molecule has 2 aromatic heterocycles. The minimum Gasteiger partial charge on any atom is -0.379 e. The van der Waals surface area contributed by atoms with Crippen molar-refractivity contribution in [3.63, 3.8) is 0 Å². The van der Waals surface area contributed by atoms with E-state index in [1.54, 1.807) is 4.52 Å². The van der Waals surface area contributed by atoms with Gasteiger partial charge >= 0.3 is 0 Å². The number of rotatable bonds is 10. The molecular formula is C22H36N6O2S. The van der Waals surface area contributed by atoms with Gasteiger partial charge in [0.25, 0.3) is 5.78 Å². The van der Waals surface area contributed by atoms with Crippen LogP contribution in [0.1, 0.15) is 50.1 Å². The minimum absolute atomic E-state index is 0.0894. The molecule has 172 valence electrons. The number of thioether (sulfide) groups is 1. The number of nitrogens with zero attached hydrogens (tertiary/aromatic N) is 5. The zero-order chi connectivity index (χ0) is 22.4. The van der Waals surface area contributed by atoms with Gasteiger partial charge in [-0.3, -0.25) is 9.69 Å². The van der Waals surface area contributed by atoms with Crippen LogP contribution < -0.4 is 5.32 Å². The van der Waals surface area contributed by atoms with E-state index >= 15 is 0 Å². The third-order valence-corrected chi connectivity index (χ3v) is 6.97. The fourth-order valence-electron chi connectivity index (χ4n) is 4.52. The smallest absolute Gasteiger partial charge is 0.253 e. The normalized spacial score (nSPS) is 16.2. The molecule has 0 aromatic carbocycles. The van der Waals surface area contributed by atoms with Crippen LogP contribution in [0.5, 0.6) is 0 Å². The number of carbonyl (C=O) groups excluding carboxylic acids is 1. The van der Waals surface area contributed by atoms with Crippen molar-refractivity contribution in [2.75, 3.05) is 39.1 Å². The van der Waals surface area contributed by atoms with E-state index in [4.69, 9.17) is 4.74 Å². The van der Waals surface area contributed by atoms with Gasteiger partial charge in [0.15, 0.2) is 0 Å². The summed E-state index contributed by atoms with van der Waals surface area (Å²) in [5.74, 6) is 1.28. The molecule has 1 atom stereocenters. The highest BCUT2D eigenvalue weighted by Gasteiger charge is 2.27. The van der Waals surface area contributed by atoms with Crippen LogP contribution in [0.25, 0.3) is 5.78 Å². The van der Waals surface area contributed by atoms with Crippen LogP contribution in [0.15, 0.2) is 5.16 Å². The number of nitrogens with one attached hydrogen (secondary N) is 1. The van der Waals surface area contributed by atoms with Crippen molar-refractivity contribution in [2.45, 2.75) is 64.6 Å². The third kappa shape index (κ3) is 5.75. The van der Waals surface area contributed by atoms with Gasteiger partial charge < -0.3 is 10.1 Å². The third-order valence-electron chi connectivity index (χ3n) is 6.43. The number of morpholine rings is 1. The van der Waals surface area contributed by atoms with Gasteiger partial charge in [-0.15, -0.1) is 5.10 Å². The van der Waals surface area contributed by atoms with Gasteiger partial charge in [0, 0.05) is 43.5 Å². The van der Waals surface area contributed by atoms with E-state index in [0.717, 1.165) is 56.1 Å². The summed E-state index contributed by atoms with van der Waals surface area (Å²) in [6.07, 6.45) is 5.28. The van der Waals surface area contributed by atoms with Gasteiger partial charge in [0.1, 0.15) is 0 Å². The van der Waals surface area contributed by atoms with Crippen molar-refractivity contribution in [1.29, 1.82) is 0 Å². The van der Waals surface area contributed by atoms with Crippen LogP contribution >= 0.6 is 11.8 Å². The summed E-state index contributed by atoms with van der Waals surface area (Å²) in [5.41, 5.74) is 3.00. The van der Waals surface area contributed by atoms with Crippen LogP contribution in [0, 0.1) is 19.8 Å². The van der Waals surface area contributed by atoms with Gasteiger partial charge in [0.05, 0.1) is 13.2 Å². The lowest BCUT2D eigenvalue weighted by atomic mass is 9.92. The monoisotopic (exact) mass is 448 g/mol. The molecule has 9 heteroatoms. The Morgan fingerprint density at radius 1 is 1.19 bits per heavy atom. The van der Waals surface area contributed by atoms with Crippen molar-refractivity contribution in [3.8, 4) is 0 Å². The topological polar surface area (TPSA) is 84.7 Å². The summed E-state index contributed by atoms with van der Waals surface area (Å²) in [6.45, 7) is 12.6. The highest BCUT2D eigenvalue weighted by atomic mass is 32.2. The molecule has 1 unspecified atom stereocenters. The van der Waals surface area contributed by atoms with E-state index in [0.29, 0.717) is 42.3 Å². The van der Waals surface area contributed by atoms with E-state index in [-0.39, 0.29) is 5.91 Å². The molecule has 0 spiro atoms. The Morgan fingerprint density at radius 2 is 1.90 bits per heavy atom. The standard InChI is InChI=1S/C22H36N6O2S/c1-6-17(7-2)19(27-10-12-30-13-11-27)14-23-20(29)9-8-18-15(3)24-21-25-22(31-5)26-28(21)16(18)4/h17,19H,6-14H2,1-5H3,(H,23,29). The molecule has 2 aromatic rings. The van der Waals surface area contributed by atoms with Gasteiger partial charge in [-0.25, -0.2) is 9.50 Å². The number of hydrogen-bond donors (Lipinski definition) is 1. The number of fused-ring (bicyclic) bond motifs is 1. The van der Waals surface area contributed by atoms with E-state index in [9.17, 15) is 4.79 Å². The van der Waals surface area contributed by atoms with Crippen molar-refractivity contribution >= 4 is 23.4 Å². The first-order valence-electron chi connectivity index (χ1n) is 11.3. The second-order valence-electron chi connectivity index (χ2n) is 8.17. The number of carbonyl (C=O) groups is 1. The maximum absolute atomic E-state index is 12.7. The zero-order valence-corrected chi connectivity index (χ0v) is 20.3. The Balaban J connectivity index is 1.62. The summed E-state index contributed by atoms with van der Waals surface area (Å²) in [6, 6.07) is 0.365. The van der Waals surface area contributed by atoms with E-state index in [1.807, 2.05) is 20.1 Å². The number of ether oxygens (including phenoxy) is 1. The molecule has 8 nitrogen and oxygen atoms in total. The first-order chi connectivity index (χ1) is 15.0. The van der Waals surface area contributed by atoms with Crippen molar-refractivity contribution in [2.24, 2.45) is 5.92 Å². The lowest BCUT2D eigenvalue weighted by Crippen LogP contribution is -2.52. The summed E-state index contributed by atoms with van der Waals surface area (Å²) >= 11 is 1.50. The molecule has 31 heavy (non-hydrogen) atoms. The van der Waals surface area contributed by atoms with Crippen LogP contribution in [-0.4, -0.2) is 75.5 Å². The molecular weight excluding hydrogens is 412 g/mol. The maximum Gasteiger partial charge on any atom is 0.253 e. The predicted molar refractivity (Wildman–Crippen MR) is 124 cm³/mol. The average Bonchev–Trinajstić information content (AvgIpc) is 3.20. The lowest BCUT2D eigenvalue weighted by Gasteiger charge is -2.38. The van der Waals surface area contributed by atoms with Crippen LogP contribution in [0.2, 0.25) is 0 Å². The van der Waals surface area contributed by atoms with Gasteiger partial charge in [0.2, 0.25) is 11.1 Å². The molecule has 0 bridgehead atoms. The number of hydrogen-bond acceptors (Lipinski definition) is 7. The fraction of sp³-hybridized carbons (Fsp3) is 0.727. The molecule has 0 aliphatic carbocycles. The number of aromatic nitrogens is 4. The summed E-state index contributed by atoms with van der Waals surface area (Å²) in [7, 11) is 0. The van der Waals surface area contributed by atoms with Gasteiger partial charge in [-0.1, -0.05) is 38.5 Å². The maximum atomic E-state index is 12.7. The Bertz CT molecular complexity index is 876. The highest BCUT2D eigenvalue weighted by molar-refractivity contribution is 7.98. The molecule has 1 saturated heterocycles. The summed E-state index contributed by atoms with van der Waals surface area (Å²) in [5, 5.41) is 8.42. The molecule has 3 heterocycles. The van der Waals surface area contributed by atoms with Crippen LogP contribution in [0.3, 0.4) is 0 Å². The predicted octanol–water partition coefficient (Wildman–Crippen LogP) is 2.65. The first kappa shape index (κ1) is 23.9. The first-order valence-corrected chi connectivity index (χ1v) is 12.6. The summed E-state index contributed by atoms with van der Waals surface area (Å²) in [4.78, 5) is 24.2. The second-order valence-corrected chi connectivity index (χ2v) is 8.94. The van der Waals surface area contributed by atoms with Gasteiger partial charge in [-0.05, 0) is 38.0 Å². The second kappa shape index (κ2) is 11.2.